The number of carbonyl (C=O) groups excluding carboxylic acids is 1. The number of carbonyl (C=O) groups is 2. The van der Waals surface area contributed by atoms with Gasteiger partial charge in [-0.25, -0.2) is 14.2 Å². The molecule has 0 saturated carbocycles. The van der Waals surface area contributed by atoms with Crippen LogP contribution < -0.4 is 19.8 Å². The maximum atomic E-state index is 13.6. The molecule has 4 heterocycles. The van der Waals surface area contributed by atoms with Crippen molar-refractivity contribution in [2.24, 2.45) is 0 Å². The number of aromatic carboxylic acids is 1. The predicted molar refractivity (Wildman–Crippen MR) is 146 cm³/mol. The van der Waals surface area contributed by atoms with Gasteiger partial charge in [-0.1, -0.05) is 12.1 Å². The zero-order chi connectivity index (χ0) is 29.5. The summed E-state index contributed by atoms with van der Waals surface area (Å²) in [6.45, 7) is 0.833. The van der Waals surface area contributed by atoms with E-state index in [0.717, 1.165) is 24.4 Å². The maximum absolute atomic E-state index is 13.6. The number of para-hydroxylation sites is 2. The summed E-state index contributed by atoms with van der Waals surface area (Å²) in [5, 5.41) is 21.4. The van der Waals surface area contributed by atoms with Crippen LogP contribution in [0.4, 0.5) is 15.9 Å². The van der Waals surface area contributed by atoms with Gasteiger partial charge in [0.15, 0.2) is 17.1 Å². The minimum atomic E-state index is -1.53. The number of anilines is 1. The van der Waals surface area contributed by atoms with Crippen LogP contribution in [0.25, 0.3) is 16.7 Å². The predicted octanol–water partition coefficient (Wildman–Crippen LogP) is 2.62. The standard InChI is InChI=1S/C28H22FN5O8/c29-16-5-7-17(8-6-16)33-14-19(28(37)38)24(35)18-13-20(34(39)40)26(30-25(18)33)31-9-11-32(12-10-31)27(36)23-15-41-21-3-1-2-4-22(21)42-23/h1-8,13-14,23H,9-12,15H2,(H,37,38). The van der Waals surface area contributed by atoms with Gasteiger partial charge >= 0.3 is 11.7 Å². The quantitative estimate of drug-likeness (QED) is 0.277. The van der Waals surface area contributed by atoms with E-state index in [1.165, 1.54) is 16.7 Å². The van der Waals surface area contributed by atoms with Gasteiger partial charge in [0.05, 0.1) is 10.3 Å². The molecule has 1 N–H and O–H groups in total. The van der Waals surface area contributed by atoms with Gasteiger partial charge in [-0.2, -0.15) is 0 Å². The summed E-state index contributed by atoms with van der Waals surface area (Å²) in [6.07, 6.45) is 0.220. The smallest absolute Gasteiger partial charge is 0.341 e. The first kappa shape index (κ1) is 26.7. The van der Waals surface area contributed by atoms with E-state index in [2.05, 4.69) is 4.98 Å². The van der Waals surface area contributed by atoms with Crippen molar-refractivity contribution in [3.8, 4) is 17.2 Å². The molecule has 1 fully saturated rings. The maximum Gasteiger partial charge on any atom is 0.341 e. The Labute approximate surface area is 236 Å². The van der Waals surface area contributed by atoms with Crippen LogP contribution in [0.2, 0.25) is 0 Å². The number of amides is 1. The molecule has 214 valence electrons. The molecule has 42 heavy (non-hydrogen) atoms. The Morgan fingerprint density at radius 3 is 2.40 bits per heavy atom. The molecule has 4 aromatic rings. The number of hydrogen-bond donors (Lipinski definition) is 1. The van der Waals surface area contributed by atoms with Crippen LogP contribution in [0.5, 0.6) is 11.5 Å². The third-order valence-electron chi connectivity index (χ3n) is 7.15. The molecule has 2 aliphatic heterocycles. The Balaban J connectivity index is 1.33. The number of nitro groups is 1. The summed E-state index contributed by atoms with van der Waals surface area (Å²) >= 11 is 0. The SMILES string of the molecule is O=C(O)c1cn(-c2ccc(F)cc2)c2nc(N3CCN(C(=O)C4COc5ccccc5O4)CC3)c([N+](=O)[O-])cc2c1=O. The first-order chi connectivity index (χ1) is 20.2. The van der Waals surface area contributed by atoms with Gasteiger partial charge in [0.1, 0.15) is 18.0 Å². The average Bonchev–Trinajstić information content (AvgIpc) is 3.00. The molecule has 2 aliphatic rings. The lowest BCUT2D eigenvalue weighted by Crippen LogP contribution is -2.54. The molecule has 13 nitrogen and oxygen atoms in total. The van der Waals surface area contributed by atoms with Crippen molar-refractivity contribution >= 4 is 34.4 Å². The molecular weight excluding hydrogens is 553 g/mol. The van der Waals surface area contributed by atoms with Crippen molar-refractivity contribution in [2.45, 2.75) is 6.10 Å². The normalized spacial score (nSPS) is 16.4. The van der Waals surface area contributed by atoms with E-state index >= 15 is 0 Å². The van der Waals surface area contributed by atoms with Gasteiger partial charge in [0.25, 0.3) is 5.91 Å². The molecule has 0 radical (unpaired) electrons. The summed E-state index contributed by atoms with van der Waals surface area (Å²) in [4.78, 5) is 57.1. The van der Waals surface area contributed by atoms with Crippen LogP contribution in [0.15, 0.2) is 65.6 Å². The minimum Gasteiger partial charge on any atom is -0.485 e. The molecule has 0 aliphatic carbocycles. The molecule has 2 aromatic heterocycles. The first-order valence-electron chi connectivity index (χ1n) is 12.9. The highest BCUT2D eigenvalue weighted by molar-refractivity contribution is 5.93. The number of benzene rings is 2. The van der Waals surface area contributed by atoms with Crippen molar-refractivity contribution in [2.75, 3.05) is 37.7 Å². The van der Waals surface area contributed by atoms with E-state index in [-0.39, 0.29) is 55.5 Å². The number of fused-ring (bicyclic) bond motifs is 2. The van der Waals surface area contributed by atoms with E-state index in [1.54, 1.807) is 34.1 Å². The average molecular weight is 576 g/mol. The molecular formula is C28H22FN5O8. The minimum absolute atomic E-state index is 0.0397. The fourth-order valence-corrected chi connectivity index (χ4v) is 5.03. The van der Waals surface area contributed by atoms with Crippen LogP contribution in [-0.4, -0.2) is 75.2 Å². The van der Waals surface area contributed by atoms with Crippen molar-refractivity contribution in [1.29, 1.82) is 0 Å². The topological polar surface area (TPSA) is 157 Å². The van der Waals surface area contributed by atoms with Gasteiger partial charge in [0, 0.05) is 44.1 Å². The third-order valence-corrected chi connectivity index (χ3v) is 7.15. The van der Waals surface area contributed by atoms with Crippen LogP contribution >= 0.6 is 0 Å². The van der Waals surface area contributed by atoms with Crippen molar-refractivity contribution in [3.63, 3.8) is 0 Å². The molecule has 1 atom stereocenters. The van der Waals surface area contributed by atoms with Crippen molar-refractivity contribution < 1.29 is 33.5 Å². The number of pyridine rings is 2. The molecule has 1 unspecified atom stereocenters. The van der Waals surface area contributed by atoms with Gasteiger partial charge in [-0.05, 0) is 36.4 Å². The van der Waals surface area contributed by atoms with Crippen LogP contribution in [0.1, 0.15) is 10.4 Å². The van der Waals surface area contributed by atoms with E-state index in [4.69, 9.17) is 9.47 Å². The lowest BCUT2D eigenvalue weighted by molar-refractivity contribution is -0.384. The number of carboxylic acids is 1. The molecule has 0 spiro atoms. The Hall–Kier alpha value is -5.53. The number of rotatable bonds is 5. The second-order valence-electron chi connectivity index (χ2n) is 9.66. The van der Waals surface area contributed by atoms with Gasteiger partial charge < -0.3 is 28.9 Å². The summed E-state index contributed by atoms with van der Waals surface area (Å²) in [7, 11) is 0. The Kier molecular flexibility index (Phi) is 6.65. The zero-order valence-electron chi connectivity index (χ0n) is 21.8. The fraction of sp³-hybridized carbons (Fsp3) is 0.214. The molecule has 0 bridgehead atoms. The number of ether oxygens (including phenoxy) is 2. The van der Waals surface area contributed by atoms with Crippen LogP contribution in [0, 0.1) is 15.9 Å². The lowest BCUT2D eigenvalue weighted by Gasteiger charge is -2.37. The third kappa shape index (κ3) is 4.72. The summed E-state index contributed by atoms with van der Waals surface area (Å²) < 4.78 is 26.4. The molecule has 6 rings (SSSR count). The fourth-order valence-electron chi connectivity index (χ4n) is 5.03. The summed E-state index contributed by atoms with van der Waals surface area (Å²) in [5.74, 6) is -1.37. The van der Waals surface area contributed by atoms with Crippen molar-refractivity contribution in [3.05, 3.63) is 92.5 Å². The molecule has 14 heteroatoms. The zero-order valence-corrected chi connectivity index (χ0v) is 21.8. The monoisotopic (exact) mass is 575 g/mol. The summed E-state index contributed by atoms with van der Waals surface area (Å²) in [6, 6.07) is 13.1. The van der Waals surface area contributed by atoms with Crippen LogP contribution in [0.3, 0.4) is 0 Å². The molecule has 1 saturated heterocycles. The van der Waals surface area contributed by atoms with Crippen molar-refractivity contribution in [1.82, 2.24) is 14.5 Å². The number of halogens is 1. The Bertz CT molecular complexity index is 1800. The Morgan fingerprint density at radius 2 is 1.74 bits per heavy atom. The highest BCUT2D eigenvalue weighted by Gasteiger charge is 2.34. The Morgan fingerprint density at radius 1 is 1.05 bits per heavy atom. The number of hydrogen-bond acceptors (Lipinski definition) is 9. The van der Waals surface area contributed by atoms with Crippen LogP contribution in [-0.2, 0) is 4.79 Å². The number of carboxylic acid groups (broad SMARTS) is 1. The van der Waals surface area contributed by atoms with Gasteiger partial charge in [-0.3, -0.25) is 19.7 Å². The van der Waals surface area contributed by atoms with E-state index in [9.17, 15) is 34.0 Å². The highest BCUT2D eigenvalue weighted by atomic mass is 19.1. The lowest BCUT2D eigenvalue weighted by atomic mass is 10.1. The largest absolute Gasteiger partial charge is 0.485 e. The number of nitrogens with zero attached hydrogens (tertiary/aromatic N) is 5. The molecule has 2 aromatic carbocycles. The first-order valence-corrected chi connectivity index (χ1v) is 12.9. The van der Waals surface area contributed by atoms with Gasteiger partial charge in [-0.15, -0.1) is 0 Å². The second kappa shape index (κ2) is 10.5. The van der Waals surface area contributed by atoms with E-state index in [0.29, 0.717) is 17.2 Å². The molecule has 1 amide bonds. The summed E-state index contributed by atoms with van der Waals surface area (Å²) in [5.41, 5.74) is -1.80. The second-order valence-corrected chi connectivity index (χ2v) is 9.66. The van der Waals surface area contributed by atoms with E-state index in [1.807, 2.05) is 0 Å². The van der Waals surface area contributed by atoms with E-state index < -0.39 is 39.5 Å². The number of piperazine rings is 1. The number of aromatic nitrogens is 2. The van der Waals surface area contributed by atoms with Gasteiger partial charge in [0.2, 0.25) is 17.4 Å². The highest BCUT2D eigenvalue weighted by Crippen LogP contribution is 2.33.